The molecular weight excluding hydrogens is 366 g/mol. The van der Waals surface area contributed by atoms with Crippen LogP contribution in [0.3, 0.4) is 0 Å². The largest absolute Gasteiger partial charge is 0.269 e. The Morgan fingerprint density at radius 3 is 2.34 bits per heavy atom. The van der Waals surface area contributed by atoms with Crippen LogP contribution in [0.4, 0.5) is 5.69 Å². The molecule has 1 heterocycles. The first kappa shape index (κ1) is 18.3. The monoisotopic (exact) mass is 383 g/mol. The van der Waals surface area contributed by atoms with Gasteiger partial charge < -0.3 is 0 Å². The number of aromatic nitrogens is 2. The summed E-state index contributed by atoms with van der Waals surface area (Å²) in [7, 11) is 0. The third-order valence-corrected chi connectivity index (χ3v) is 4.72. The first-order valence-electron chi connectivity index (χ1n) is 9.05. The molecule has 1 aromatic heterocycles. The lowest BCUT2D eigenvalue weighted by Gasteiger charge is -2.11. The van der Waals surface area contributed by atoms with E-state index in [1.165, 1.54) is 16.7 Å². The molecule has 0 aliphatic rings. The Morgan fingerprint density at radius 1 is 0.931 bits per heavy atom. The van der Waals surface area contributed by atoms with Crippen molar-refractivity contribution in [2.45, 2.75) is 6.92 Å². The molecule has 0 N–H and O–H groups in total. The van der Waals surface area contributed by atoms with Gasteiger partial charge in [-0.15, -0.1) is 0 Å². The van der Waals surface area contributed by atoms with Gasteiger partial charge in [0, 0.05) is 12.1 Å². The van der Waals surface area contributed by atoms with E-state index in [0.717, 1.165) is 11.1 Å². The van der Waals surface area contributed by atoms with Crippen LogP contribution >= 0.6 is 0 Å². The van der Waals surface area contributed by atoms with E-state index in [1.54, 1.807) is 36.4 Å². The number of hydrogen-bond acceptors (Lipinski definition) is 4. The van der Waals surface area contributed by atoms with Gasteiger partial charge in [0.05, 0.1) is 21.5 Å². The predicted molar refractivity (Wildman–Crippen MR) is 114 cm³/mol. The van der Waals surface area contributed by atoms with Gasteiger partial charge in [-0.2, -0.15) is 0 Å². The second-order valence-corrected chi connectivity index (χ2v) is 6.59. The number of hydrogen-bond donors (Lipinski definition) is 0. The molecule has 0 aliphatic heterocycles. The van der Waals surface area contributed by atoms with Gasteiger partial charge in [0.25, 0.3) is 11.2 Å². The average Bonchev–Trinajstić information content (AvgIpc) is 2.73. The maximum Gasteiger partial charge on any atom is 0.269 e. The van der Waals surface area contributed by atoms with Crippen LogP contribution in [0.15, 0.2) is 77.6 Å². The number of fused-ring (bicyclic) bond motifs is 1. The standard InChI is InChI=1S/C23H17N3O3/c1-16-6-2-3-7-17(16)10-15-22-24-21-9-5-4-8-20(21)23(27)25(22)18-11-13-19(14-12-18)26(28)29/h2-15H,1H3/b15-10+. The number of nitro benzene ring substituents is 1. The van der Waals surface area contributed by atoms with E-state index in [-0.39, 0.29) is 11.2 Å². The number of rotatable bonds is 4. The lowest BCUT2D eigenvalue weighted by atomic mass is 10.1. The zero-order valence-electron chi connectivity index (χ0n) is 15.6. The molecule has 0 fully saturated rings. The van der Waals surface area contributed by atoms with Crippen molar-refractivity contribution in [1.82, 2.24) is 9.55 Å². The molecule has 6 nitrogen and oxygen atoms in total. The van der Waals surface area contributed by atoms with Crippen LogP contribution in [-0.2, 0) is 0 Å². The van der Waals surface area contributed by atoms with E-state index < -0.39 is 4.92 Å². The third kappa shape index (κ3) is 3.55. The lowest BCUT2D eigenvalue weighted by Crippen LogP contribution is -2.22. The molecular formula is C23H17N3O3. The summed E-state index contributed by atoms with van der Waals surface area (Å²) in [5.74, 6) is 0.450. The van der Waals surface area contributed by atoms with Gasteiger partial charge in [-0.3, -0.25) is 19.5 Å². The lowest BCUT2D eigenvalue weighted by molar-refractivity contribution is -0.384. The summed E-state index contributed by atoms with van der Waals surface area (Å²) in [6, 6.07) is 20.9. The fraction of sp³-hybridized carbons (Fsp3) is 0.0435. The van der Waals surface area contributed by atoms with Crippen LogP contribution in [0.25, 0.3) is 28.7 Å². The van der Waals surface area contributed by atoms with Crippen LogP contribution in [0.1, 0.15) is 17.0 Å². The van der Waals surface area contributed by atoms with Crippen molar-refractivity contribution < 1.29 is 4.92 Å². The number of nitrogens with zero attached hydrogens (tertiary/aromatic N) is 3. The quantitative estimate of drug-likeness (QED) is 0.375. The van der Waals surface area contributed by atoms with Crippen LogP contribution in [-0.4, -0.2) is 14.5 Å². The summed E-state index contributed by atoms with van der Waals surface area (Å²) >= 11 is 0. The second-order valence-electron chi connectivity index (χ2n) is 6.59. The van der Waals surface area contributed by atoms with Gasteiger partial charge in [-0.05, 0) is 48.4 Å². The summed E-state index contributed by atoms with van der Waals surface area (Å²) in [4.78, 5) is 28.4. The van der Waals surface area contributed by atoms with Crippen LogP contribution in [0.2, 0.25) is 0 Å². The first-order chi connectivity index (χ1) is 14.0. The van der Waals surface area contributed by atoms with Gasteiger partial charge in [0.15, 0.2) is 0 Å². The number of nitro groups is 1. The minimum absolute atomic E-state index is 0.0347. The fourth-order valence-electron chi connectivity index (χ4n) is 3.17. The van der Waals surface area contributed by atoms with Crippen LogP contribution in [0, 0.1) is 17.0 Å². The van der Waals surface area contributed by atoms with E-state index in [1.807, 2.05) is 43.3 Å². The van der Waals surface area contributed by atoms with Gasteiger partial charge in [-0.25, -0.2) is 4.98 Å². The van der Waals surface area contributed by atoms with Crippen LogP contribution in [0.5, 0.6) is 0 Å². The number of para-hydroxylation sites is 1. The van der Waals surface area contributed by atoms with Crippen molar-refractivity contribution in [2.24, 2.45) is 0 Å². The molecule has 29 heavy (non-hydrogen) atoms. The Morgan fingerprint density at radius 2 is 1.62 bits per heavy atom. The zero-order chi connectivity index (χ0) is 20.4. The zero-order valence-corrected chi connectivity index (χ0v) is 15.6. The first-order valence-corrected chi connectivity index (χ1v) is 9.05. The highest BCUT2D eigenvalue weighted by Gasteiger charge is 2.12. The molecule has 0 aliphatic carbocycles. The molecule has 0 amide bonds. The molecule has 0 saturated carbocycles. The number of non-ortho nitro benzene ring substituents is 1. The fourth-order valence-corrected chi connectivity index (χ4v) is 3.17. The summed E-state index contributed by atoms with van der Waals surface area (Å²) in [5.41, 5.74) is 2.98. The van der Waals surface area contributed by atoms with Gasteiger partial charge in [0.1, 0.15) is 5.82 Å². The molecule has 3 aromatic carbocycles. The Kier molecular flexibility index (Phi) is 4.75. The van der Waals surface area contributed by atoms with E-state index in [4.69, 9.17) is 0 Å². The Labute approximate surface area is 166 Å². The highest BCUT2D eigenvalue weighted by molar-refractivity contribution is 5.80. The van der Waals surface area contributed by atoms with Crippen molar-refractivity contribution >= 4 is 28.7 Å². The smallest absolute Gasteiger partial charge is 0.268 e. The number of benzene rings is 3. The minimum Gasteiger partial charge on any atom is -0.268 e. The normalized spacial score (nSPS) is 11.2. The SMILES string of the molecule is Cc1ccccc1/C=C/c1nc2ccccc2c(=O)n1-c1ccc([N+](=O)[O-])cc1. The minimum atomic E-state index is -0.468. The summed E-state index contributed by atoms with van der Waals surface area (Å²) in [5, 5.41) is 11.4. The molecule has 0 radical (unpaired) electrons. The summed E-state index contributed by atoms with van der Waals surface area (Å²) in [6.45, 7) is 2.01. The average molecular weight is 383 g/mol. The van der Waals surface area contributed by atoms with Crippen LogP contribution < -0.4 is 5.56 Å². The van der Waals surface area contributed by atoms with E-state index in [9.17, 15) is 14.9 Å². The third-order valence-electron chi connectivity index (χ3n) is 4.72. The molecule has 0 bridgehead atoms. The second kappa shape index (κ2) is 7.52. The molecule has 4 rings (SSSR count). The predicted octanol–water partition coefficient (Wildman–Crippen LogP) is 4.77. The van der Waals surface area contributed by atoms with Crippen molar-refractivity contribution in [3.8, 4) is 5.69 Å². The molecule has 0 atom stereocenters. The maximum atomic E-state index is 13.2. The highest BCUT2D eigenvalue weighted by atomic mass is 16.6. The molecule has 0 spiro atoms. The Balaban J connectivity index is 1.92. The molecule has 142 valence electrons. The highest BCUT2D eigenvalue weighted by Crippen LogP contribution is 2.19. The van der Waals surface area contributed by atoms with Gasteiger partial charge >= 0.3 is 0 Å². The molecule has 6 heteroatoms. The molecule has 0 saturated heterocycles. The van der Waals surface area contributed by atoms with Crippen molar-refractivity contribution in [3.05, 3.63) is 110 Å². The molecule has 4 aromatic rings. The summed E-state index contributed by atoms with van der Waals surface area (Å²) in [6.07, 6.45) is 3.70. The number of aryl methyl sites for hydroxylation is 1. The Hall–Kier alpha value is -4.06. The van der Waals surface area contributed by atoms with Gasteiger partial charge in [-0.1, -0.05) is 42.5 Å². The van der Waals surface area contributed by atoms with Gasteiger partial charge in [0.2, 0.25) is 0 Å². The molecule has 0 unspecified atom stereocenters. The van der Waals surface area contributed by atoms with Crippen molar-refractivity contribution in [2.75, 3.05) is 0 Å². The maximum absolute atomic E-state index is 13.2. The van der Waals surface area contributed by atoms with E-state index in [2.05, 4.69) is 4.98 Å². The van der Waals surface area contributed by atoms with Crippen molar-refractivity contribution in [3.63, 3.8) is 0 Å². The van der Waals surface area contributed by atoms with E-state index in [0.29, 0.717) is 22.4 Å². The topological polar surface area (TPSA) is 78.0 Å². The van der Waals surface area contributed by atoms with Crippen molar-refractivity contribution in [1.29, 1.82) is 0 Å². The Bertz CT molecular complexity index is 1310. The summed E-state index contributed by atoms with van der Waals surface area (Å²) < 4.78 is 1.47. The van der Waals surface area contributed by atoms with E-state index >= 15 is 0 Å².